The first-order valence-corrected chi connectivity index (χ1v) is 4.94. The Morgan fingerprint density at radius 1 is 1.50 bits per heavy atom. The summed E-state index contributed by atoms with van der Waals surface area (Å²) in [7, 11) is 0. The van der Waals surface area contributed by atoms with Crippen molar-refractivity contribution in [3.63, 3.8) is 0 Å². The van der Waals surface area contributed by atoms with E-state index in [0.717, 1.165) is 19.8 Å². The van der Waals surface area contributed by atoms with Crippen LogP contribution >= 0.6 is 27.3 Å². The summed E-state index contributed by atoms with van der Waals surface area (Å²) in [6.45, 7) is 0. The van der Waals surface area contributed by atoms with Crippen LogP contribution < -0.4 is 11.3 Å². The molecule has 0 aliphatic carbocycles. The van der Waals surface area contributed by atoms with Gasteiger partial charge in [0.15, 0.2) is 5.13 Å². The molecular formula is C7H6BrN3S. The zero-order chi connectivity index (χ0) is 8.55. The first-order chi connectivity index (χ1) is 5.81. The molecule has 0 radical (unpaired) electrons. The van der Waals surface area contributed by atoms with Gasteiger partial charge in [-0.1, -0.05) is 17.4 Å². The Labute approximate surface area is 81.7 Å². The highest BCUT2D eigenvalue weighted by molar-refractivity contribution is 9.10. The lowest BCUT2D eigenvalue weighted by atomic mass is 10.3. The summed E-state index contributed by atoms with van der Waals surface area (Å²) in [5.41, 5.74) is 3.49. The van der Waals surface area contributed by atoms with Crippen molar-refractivity contribution in [2.24, 2.45) is 5.84 Å². The number of benzene rings is 1. The van der Waals surface area contributed by atoms with Crippen molar-refractivity contribution < 1.29 is 0 Å². The summed E-state index contributed by atoms with van der Waals surface area (Å²) < 4.78 is 2.17. The minimum Gasteiger partial charge on any atom is -0.300 e. The van der Waals surface area contributed by atoms with Crippen LogP contribution in [0, 0.1) is 0 Å². The summed E-state index contributed by atoms with van der Waals surface area (Å²) in [6.07, 6.45) is 0. The fourth-order valence-electron chi connectivity index (χ4n) is 0.977. The number of thiazole rings is 1. The van der Waals surface area contributed by atoms with E-state index < -0.39 is 0 Å². The molecule has 3 N–H and O–H groups in total. The molecule has 1 heterocycles. The number of anilines is 1. The van der Waals surface area contributed by atoms with E-state index >= 15 is 0 Å². The van der Waals surface area contributed by atoms with E-state index in [1.807, 2.05) is 18.2 Å². The highest BCUT2D eigenvalue weighted by Gasteiger charge is 2.03. The van der Waals surface area contributed by atoms with Gasteiger partial charge in [-0.05, 0) is 28.1 Å². The van der Waals surface area contributed by atoms with Gasteiger partial charge in [0.25, 0.3) is 0 Å². The van der Waals surface area contributed by atoms with Crippen LogP contribution in [0.5, 0.6) is 0 Å². The van der Waals surface area contributed by atoms with Crippen LogP contribution in [-0.4, -0.2) is 4.98 Å². The SMILES string of the molecule is NNc1nc2cccc(Br)c2s1. The molecule has 0 atom stereocenters. The van der Waals surface area contributed by atoms with E-state index in [4.69, 9.17) is 5.84 Å². The van der Waals surface area contributed by atoms with E-state index in [-0.39, 0.29) is 0 Å². The predicted molar refractivity (Wildman–Crippen MR) is 55.1 cm³/mol. The first kappa shape index (κ1) is 7.97. The maximum atomic E-state index is 5.25. The van der Waals surface area contributed by atoms with Crippen LogP contribution in [0.25, 0.3) is 10.2 Å². The van der Waals surface area contributed by atoms with Gasteiger partial charge in [0.05, 0.1) is 10.2 Å². The fraction of sp³-hybridized carbons (Fsp3) is 0. The smallest absolute Gasteiger partial charge is 0.198 e. The van der Waals surface area contributed by atoms with Gasteiger partial charge in [-0.25, -0.2) is 10.8 Å². The second kappa shape index (κ2) is 3.01. The molecule has 0 spiro atoms. The van der Waals surface area contributed by atoms with Gasteiger partial charge in [-0.2, -0.15) is 0 Å². The Bertz CT molecular complexity index is 412. The number of hydrogen-bond donors (Lipinski definition) is 2. The molecular weight excluding hydrogens is 238 g/mol. The topological polar surface area (TPSA) is 50.9 Å². The number of halogens is 1. The zero-order valence-corrected chi connectivity index (χ0v) is 8.45. The zero-order valence-electron chi connectivity index (χ0n) is 6.04. The highest BCUT2D eigenvalue weighted by Crippen LogP contribution is 2.31. The summed E-state index contributed by atoms with van der Waals surface area (Å²) in [4.78, 5) is 4.24. The van der Waals surface area contributed by atoms with Crippen molar-refractivity contribution in [2.75, 3.05) is 5.43 Å². The molecule has 0 saturated carbocycles. The molecule has 0 amide bonds. The van der Waals surface area contributed by atoms with Gasteiger partial charge in [-0.15, -0.1) is 0 Å². The van der Waals surface area contributed by atoms with Gasteiger partial charge < -0.3 is 0 Å². The number of nitrogens with two attached hydrogens (primary N) is 1. The maximum absolute atomic E-state index is 5.25. The van der Waals surface area contributed by atoms with Gasteiger partial charge in [0.2, 0.25) is 0 Å². The molecule has 3 nitrogen and oxygen atoms in total. The molecule has 0 unspecified atom stereocenters. The van der Waals surface area contributed by atoms with E-state index in [0.29, 0.717) is 0 Å². The number of nitrogen functional groups attached to an aromatic ring is 1. The number of nitrogens with one attached hydrogen (secondary N) is 1. The Morgan fingerprint density at radius 3 is 3.00 bits per heavy atom. The number of hydrogen-bond acceptors (Lipinski definition) is 4. The van der Waals surface area contributed by atoms with E-state index in [9.17, 15) is 0 Å². The molecule has 2 rings (SSSR count). The third-order valence-corrected chi connectivity index (χ3v) is 3.45. The van der Waals surface area contributed by atoms with Crippen LogP contribution in [-0.2, 0) is 0 Å². The molecule has 5 heteroatoms. The summed E-state index contributed by atoms with van der Waals surface area (Å²) in [5, 5.41) is 0.733. The average Bonchev–Trinajstić information content (AvgIpc) is 2.49. The third-order valence-electron chi connectivity index (χ3n) is 1.49. The molecule has 62 valence electrons. The predicted octanol–water partition coefficient (Wildman–Crippen LogP) is 2.34. The van der Waals surface area contributed by atoms with Crippen molar-refractivity contribution in [2.45, 2.75) is 0 Å². The van der Waals surface area contributed by atoms with Crippen molar-refractivity contribution in [3.8, 4) is 0 Å². The van der Waals surface area contributed by atoms with Crippen molar-refractivity contribution in [1.29, 1.82) is 0 Å². The van der Waals surface area contributed by atoms with Crippen molar-refractivity contribution in [3.05, 3.63) is 22.7 Å². The molecule has 1 aromatic carbocycles. The second-order valence-corrected chi connectivity index (χ2v) is 4.10. The van der Waals surface area contributed by atoms with Gasteiger partial charge >= 0.3 is 0 Å². The van der Waals surface area contributed by atoms with Crippen molar-refractivity contribution >= 4 is 42.6 Å². The number of rotatable bonds is 1. The third kappa shape index (κ3) is 1.20. The van der Waals surface area contributed by atoms with Crippen LogP contribution in [0.4, 0.5) is 5.13 Å². The van der Waals surface area contributed by atoms with E-state index in [1.54, 1.807) is 0 Å². The van der Waals surface area contributed by atoms with Gasteiger partial charge in [0, 0.05) is 4.47 Å². The van der Waals surface area contributed by atoms with Crippen LogP contribution in [0.2, 0.25) is 0 Å². The molecule has 1 aromatic heterocycles. The Hall–Kier alpha value is -0.650. The highest BCUT2D eigenvalue weighted by atomic mass is 79.9. The lowest BCUT2D eigenvalue weighted by Gasteiger charge is -1.88. The van der Waals surface area contributed by atoms with Crippen LogP contribution in [0.15, 0.2) is 22.7 Å². The second-order valence-electron chi connectivity index (χ2n) is 2.25. The Balaban J connectivity index is 2.74. The molecule has 0 saturated heterocycles. The average molecular weight is 244 g/mol. The quantitative estimate of drug-likeness (QED) is 0.598. The van der Waals surface area contributed by atoms with Crippen molar-refractivity contribution in [1.82, 2.24) is 4.98 Å². The van der Waals surface area contributed by atoms with E-state index in [1.165, 1.54) is 11.3 Å². The Kier molecular flexibility index (Phi) is 2.00. The van der Waals surface area contributed by atoms with Crippen LogP contribution in [0.1, 0.15) is 0 Å². The summed E-state index contributed by atoms with van der Waals surface area (Å²) >= 11 is 4.97. The normalized spacial score (nSPS) is 10.5. The minimum atomic E-state index is 0.733. The molecule has 0 fully saturated rings. The largest absolute Gasteiger partial charge is 0.300 e. The standard InChI is InChI=1S/C7H6BrN3S/c8-4-2-1-3-5-6(4)12-7(10-5)11-9/h1-3H,9H2,(H,10,11). The first-order valence-electron chi connectivity index (χ1n) is 3.33. The fourth-order valence-corrected chi connectivity index (χ4v) is 2.36. The molecule has 0 aliphatic heterocycles. The van der Waals surface area contributed by atoms with Crippen LogP contribution in [0.3, 0.4) is 0 Å². The molecule has 0 aliphatic rings. The number of hydrazine groups is 1. The lowest BCUT2D eigenvalue weighted by molar-refractivity contribution is 1.31. The number of aromatic nitrogens is 1. The molecule has 0 bridgehead atoms. The summed E-state index contributed by atoms with van der Waals surface area (Å²) in [6, 6.07) is 5.89. The van der Waals surface area contributed by atoms with Gasteiger partial charge in [-0.3, -0.25) is 5.43 Å². The monoisotopic (exact) mass is 243 g/mol. The molecule has 2 aromatic rings. The lowest BCUT2D eigenvalue weighted by Crippen LogP contribution is -2.05. The van der Waals surface area contributed by atoms with E-state index in [2.05, 4.69) is 26.3 Å². The maximum Gasteiger partial charge on any atom is 0.198 e. The van der Waals surface area contributed by atoms with Gasteiger partial charge in [0.1, 0.15) is 0 Å². The number of nitrogens with zero attached hydrogens (tertiary/aromatic N) is 1. The molecule has 12 heavy (non-hydrogen) atoms. The minimum absolute atomic E-state index is 0.733. The summed E-state index contributed by atoms with van der Waals surface area (Å²) in [5.74, 6) is 5.25. The number of fused-ring (bicyclic) bond motifs is 1. The Morgan fingerprint density at radius 2 is 2.33 bits per heavy atom.